The lowest BCUT2D eigenvalue weighted by Crippen LogP contribution is -2.32. The second-order valence-electron chi connectivity index (χ2n) is 10.2. The van der Waals surface area contributed by atoms with Crippen LogP contribution in [-0.4, -0.2) is 64.2 Å². The molecule has 1 aliphatic rings. The van der Waals surface area contributed by atoms with E-state index in [0.717, 1.165) is 12.8 Å². The van der Waals surface area contributed by atoms with Gasteiger partial charge in [0, 0.05) is 36.0 Å². The summed E-state index contributed by atoms with van der Waals surface area (Å²) in [6.45, 7) is 4.42. The number of hydrogen-bond acceptors (Lipinski definition) is 10. The van der Waals surface area contributed by atoms with Crippen LogP contribution in [-0.2, 0) is 14.3 Å². The first-order valence-electron chi connectivity index (χ1n) is 12.7. The molecule has 0 saturated heterocycles. The normalized spacial score (nSPS) is 13.1. The van der Waals surface area contributed by atoms with Crippen LogP contribution >= 0.6 is 0 Å². The van der Waals surface area contributed by atoms with E-state index in [2.05, 4.69) is 4.18 Å². The SMILES string of the molecule is COS(=O)(=O)CCN(CCC[Si](C)(C)O)c1ccc(Oc2cc(O)c3c(c2N)C(=O)c2ccccc2C3=O)cc1. The molecule has 1 aliphatic carbocycles. The Hall–Kier alpha value is -3.71. The smallest absolute Gasteiger partial charge is 0.268 e. The first kappa shape index (κ1) is 29.3. The molecular weight excluding hydrogens is 552 g/mol. The van der Waals surface area contributed by atoms with Crippen LogP contribution in [0.1, 0.15) is 38.3 Å². The van der Waals surface area contributed by atoms with Crippen molar-refractivity contribution in [3.8, 4) is 17.2 Å². The molecule has 0 amide bonds. The molecule has 0 unspecified atom stereocenters. The minimum atomic E-state index is -3.66. The zero-order chi connectivity index (χ0) is 29.2. The van der Waals surface area contributed by atoms with Gasteiger partial charge < -0.3 is 25.3 Å². The Morgan fingerprint density at radius 2 is 1.55 bits per heavy atom. The molecule has 0 spiro atoms. The molecule has 4 rings (SSSR count). The number of rotatable bonds is 11. The van der Waals surface area contributed by atoms with Crippen LogP contribution in [0.4, 0.5) is 11.4 Å². The van der Waals surface area contributed by atoms with Gasteiger partial charge in [0.2, 0.25) is 0 Å². The lowest BCUT2D eigenvalue weighted by Gasteiger charge is -2.26. The lowest BCUT2D eigenvalue weighted by molar-refractivity contribution is 0.0977. The number of nitrogens with zero attached hydrogens (tertiary/aromatic N) is 1. The molecule has 3 aromatic carbocycles. The Kier molecular flexibility index (Phi) is 8.35. The van der Waals surface area contributed by atoms with Gasteiger partial charge in [-0.05, 0) is 49.8 Å². The molecule has 10 nitrogen and oxygen atoms in total. The number of nitrogen functional groups attached to an aromatic ring is 1. The molecule has 0 bridgehead atoms. The van der Waals surface area contributed by atoms with Crippen molar-refractivity contribution in [3.63, 3.8) is 0 Å². The highest BCUT2D eigenvalue weighted by Crippen LogP contribution is 2.42. The van der Waals surface area contributed by atoms with E-state index >= 15 is 0 Å². The van der Waals surface area contributed by atoms with Gasteiger partial charge in [-0.3, -0.25) is 13.8 Å². The third-order valence-corrected chi connectivity index (χ3v) is 9.46. The predicted octanol–water partition coefficient (Wildman–Crippen LogP) is 3.91. The van der Waals surface area contributed by atoms with E-state index in [4.69, 9.17) is 10.5 Å². The summed E-state index contributed by atoms with van der Waals surface area (Å²) in [6.07, 6.45) is 0.682. The average molecular weight is 585 g/mol. The maximum atomic E-state index is 13.2. The van der Waals surface area contributed by atoms with Gasteiger partial charge in [-0.2, -0.15) is 8.42 Å². The highest BCUT2D eigenvalue weighted by Gasteiger charge is 2.35. The number of phenols is 1. The summed E-state index contributed by atoms with van der Waals surface area (Å²) in [6, 6.07) is 15.0. The number of nitrogens with two attached hydrogens (primary N) is 1. The zero-order valence-corrected chi connectivity index (χ0v) is 24.3. The number of phenolic OH excluding ortho intramolecular Hbond substituents is 1. The van der Waals surface area contributed by atoms with Crippen LogP contribution < -0.4 is 15.4 Å². The number of carbonyl (C=O) groups excluding carboxylic acids is 2. The Labute approximate surface area is 234 Å². The van der Waals surface area contributed by atoms with Crippen molar-refractivity contribution in [3.05, 3.63) is 76.9 Å². The monoisotopic (exact) mass is 584 g/mol. The van der Waals surface area contributed by atoms with Gasteiger partial charge in [0.05, 0.1) is 29.7 Å². The molecule has 0 fully saturated rings. The number of anilines is 2. The number of ketones is 2. The predicted molar refractivity (Wildman–Crippen MR) is 154 cm³/mol. The van der Waals surface area contributed by atoms with E-state index in [0.29, 0.717) is 24.8 Å². The van der Waals surface area contributed by atoms with Crippen molar-refractivity contribution in [1.82, 2.24) is 0 Å². The average Bonchev–Trinajstić information content (AvgIpc) is 2.91. The number of ether oxygens (including phenoxy) is 1. The van der Waals surface area contributed by atoms with E-state index in [-0.39, 0.29) is 46.0 Å². The Balaban J connectivity index is 1.58. The van der Waals surface area contributed by atoms with Crippen molar-refractivity contribution in [2.45, 2.75) is 25.6 Å². The van der Waals surface area contributed by atoms with Gasteiger partial charge in [-0.15, -0.1) is 0 Å². The fourth-order valence-corrected chi connectivity index (χ4v) is 6.22. The minimum Gasteiger partial charge on any atom is -0.507 e. The number of fused-ring (bicyclic) bond motifs is 2. The Morgan fingerprint density at radius 1 is 0.950 bits per heavy atom. The van der Waals surface area contributed by atoms with Crippen molar-refractivity contribution in [1.29, 1.82) is 0 Å². The van der Waals surface area contributed by atoms with E-state index in [1.807, 2.05) is 18.0 Å². The lowest BCUT2D eigenvalue weighted by atomic mass is 9.82. The van der Waals surface area contributed by atoms with Crippen LogP contribution in [0.5, 0.6) is 17.2 Å². The molecule has 4 N–H and O–H groups in total. The van der Waals surface area contributed by atoms with E-state index in [1.54, 1.807) is 36.4 Å². The fraction of sp³-hybridized carbons (Fsp3) is 0.286. The summed E-state index contributed by atoms with van der Waals surface area (Å²) >= 11 is 0. The van der Waals surface area contributed by atoms with E-state index in [1.165, 1.54) is 18.2 Å². The molecule has 0 aliphatic heterocycles. The van der Waals surface area contributed by atoms with Crippen molar-refractivity contribution in [2.75, 3.05) is 36.6 Å². The number of aromatic hydroxyl groups is 1. The number of benzene rings is 3. The van der Waals surface area contributed by atoms with Crippen molar-refractivity contribution < 1.29 is 36.8 Å². The first-order chi connectivity index (χ1) is 18.8. The maximum absolute atomic E-state index is 13.2. The first-order valence-corrected chi connectivity index (χ1v) is 17.4. The topological polar surface area (TPSA) is 156 Å². The molecule has 12 heteroatoms. The summed E-state index contributed by atoms with van der Waals surface area (Å²) in [5, 5.41) is 10.7. The third kappa shape index (κ3) is 6.36. The molecule has 0 atom stereocenters. The Bertz CT molecular complexity index is 1550. The van der Waals surface area contributed by atoms with Gasteiger partial charge in [0.15, 0.2) is 25.6 Å². The standard InChI is InChI=1S/C28H32N2O8SSi/c1-37-39(34,35)15-14-30(13-6-16-40(2,3)36)18-9-11-19(12-10-18)38-23-17-22(31)24-25(26(23)29)28(33)21-8-5-4-7-20(21)27(24)32/h4-5,7-12,17,31,36H,6,13-16,29H2,1-3H3. The number of carbonyl (C=O) groups is 2. The van der Waals surface area contributed by atoms with Crippen molar-refractivity contribution >= 4 is 41.4 Å². The summed E-state index contributed by atoms with van der Waals surface area (Å²) in [7, 11) is -4.80. The molecule has 3 aromatic rings. The third-order valence-electron chi connectivity index (χ3n) is 6.69. The molecule has 0 aromatic heterocycles. The van der Waals surface area contributed by atoms with Crippen LogP contribution in [0.3, 0.4) is 0 Å². The van der Waals surface area contributed by atoms with E-state index < -0.39 is 35.8 Å². The van der Waals surface area contributed by atoms with Crippen LogP contribution in [0, 0.1) is 0 Å². The number of hydrogen-bond donors (Lipinski definition) is 3. The summed E-state index contributed by atoms with van der Waals surface area (Å²) < 4.78 is 34.3. The van der Waals surface area contributed by atoms with Crippen LogP contribution in [0.25, 0.3) is 0 Å². The maximum Gasteiger partial charge on any atom is 0.268 e. The molecule has 0 heterocycles. The molecular formula is C28H32N2O8SSi. The second kappa shape index (κ2) is 11.4. The fourth-order valence-electron chi connectivity index (χ4n) is 4.59. The van der Waals surface area contributed by atoms with Crippen molar-refractivity contribution in [2.24, 2.45) is 0 Å². The van der Waals surface area contributed by atoms with Crippen LogP contribution in [0.2, 0.25) is 19.1 Å². The molecule has 0 saturated carbocycles. The summed E-state index contributed by atoms with van der Waals surface area (Å²) in [5.74, 6) is -1.23. The summed E-state index contributed by atoms with van der Waals surface area (Å²) in [5.41, 5.74) is 7.11. The molecule has 212 valence electrons. The largest absolute Gasteiger partial charge is 0.507 e. The van der Waals surface area contributed by atoms with Gasteiger partial charge in [0.1, 0.15) is 11.5 Å². The van der Waals surface area contributed by atoms with Gasteiger partial charge in [0.25, 0.3) is 10.1 Å². The minimum absolute atomic E-state index is 0.0164. The van der Waals surface area contributed by atoms with Gasteiger partial charge in [-0.25, -0.2) is 0 Å². The quantitative estimate of drug-likeness (QED) is 0.102. The molecule has 40 heavy (non-hydrogen) atoms. The highest BCUT2D eigenvalue weighted by atomic mass is 32.2. The Morgan fingerprint density at radius 3 is 2.12 bits per heavy atom. The van der Waals surface area contributed by atoms with Gasteiger partial charge >= 0.3 is 0 Å². The summed E-state index contributed by atoms with van der Waals surface area (Å²) in [4.78, 5) is 38.3. The molecule has 0 radical (unpaired) electrons. The second-order valence-corrected chi connectivity index (χ2v) is 16.2. The van der Waals surface area contributed by atoms with Crippen LogP contribution in [0.15, 0.2) is 54.6 Å². The highest BCUT2D eigenvalue weighted by molar-refractivity contribution is 7.86. The van der Waals surface area contributed by atoms with Gasteiger partial charge in [-0.1, -0.05) is 24.3 Å². The van der Waals surface area contributed by atoms with E-state index in [9.17, 15) is 27.9 Å². The zero-order valence-electron chi connectivity index (χ0n) is 22.5.